The van der Waals surface area contributed by atoms with Gasteiger partial charge in [-0.2, -0.15) is 0 Å². The van der Waals surface area contributed by atoms with Gasteiger partial charge in [-0.1, -0.05) is 25.0 Å². The molecule has 8 nitrogen and oxygen atoms in total. The predicted molar refractivity (Wildman–Crippen MR) is 101 cm³/mol. The molecule has 154 valence electrons. The number of hydrogen-bond acceptors (Lipinski definition) is 5. The van der Waals surface area contributed by atoms with E-state index in [2.05, 4.69) is 0 Å². The molecule has 1 amide bonds. The molecule has 4 rings (SSSR count). The van der Waals surface area contributed by atoms with Crippen LogP contribution >= 0.6 is 0 Å². The van der Waals surface area contributed by atoms with Crippen LogP contribution in [0.1, 0.15) is 47.8 Å². The lowest BCUT2D eigenvalue weighted by molar-refractivity contribution is 0.0634. The number of amides is 1. The van der Waals surface area contributed by atoms with Crippen molar-refractivity contribution >= 4 is 5.91 Å². The zero-order chi connectivity index (χ0) is 20.7. The highest BCUT2D eigenvalue weighted by Gasteiger charge is 2.35. The first-order valence-electron chi connectivity index (χ1n) is 9.68. The molecule has 0 unspecified atom stereocenters. The lowest BCUT2D eigenvalue weighted by Crippen LogP contribution is -2.52. The third-order valence-corrected chi connectivity index (χ3v) is 5.75. The molecule has 0 saturated heterocycles. The van der Waals surface area contributed by atoms with Crippen LogP contribution in [0.3, 0.4) is 0 Å². The van der Waals surface area contributed by atoms with Crippen LogP contribution in [0.25, 0.3) is 0 Å². The Balaban J connectivity index is 1.71. The summed E-state index contributed by atoms with van der Waals surface area (Å²) in [5.41, 5.74) is -1.30. The molecule has 1 aliphatic carbocycles. The number of rotatable bonds is 3. The lowest BCUT2D eigenvalue weighted by atomic mass is 9.92. The summed E-state index contributed by atoms with van der Waals surface area (Å²) in [7, 11) is 0. The fourth-order valence-electron chi connectivity index (χ4n) is 4.20. The molecule has 0 bridgehead atoms. The summed E-state index contributed by atoms with van der Waals surface area (Å²) in [6.45, 7) is 0.475. The molecule has 2 atom stereocenters. The van der Waals surface area contributed by atoms with Crippen LogP contribution in [0.2, 0.25) is 0 Å². The molecule has 1 aromatic carbocycles. The third-order valence-electron chi connectivity index (χ3n) is 5.75. The molecule has 2 N–H and O–H groups in total. The SMILES string of the molecule is O=C1c2c(O)c(=O)n([C@H]3CCCC[C@@H]3O)c(=O)n2CCN1Cc1ccc(F)cc1. The van der Waals surface area contributed by atoms with Crippen molar-refractivity contribution in [3.63, 3.8) is 0 Å². The molecule has 29 heavy (non-hydrogen) atoms. The predicted octanol–water partition coefficient (Wildman–Crippen LogP) is 0.987. The van der Waals surface area contributed by atoms with E-state index in [1.807, 2.05) is 0 Å². The van der Waals surface area contributed by atoms with Crippen molar-refractivity contribution in [1.82, 2.24) is 14.0 Å². The number of aliphatic hydroxyl groups excluding tert-OH is 1. The summed E-state index contributed by atoms with van der Waals surface area (Å²) in [4.78, 5) is 40.0. The van der Waals surface area contributed by atoms with Crippen molar-refractivity contribution in [1.29, 1.82) is 0 Å². The quantitative estimate of drug-likeness (QED) is 0.795. The van der Waals surface area contributed by atoms with Crippen LogP contribution in [0.4, 0.5) is 4.39 Å². The first-order valence-corrected chi connectivity index (χ1v) is 9.68. The average Bonchev–Trinajstić information content (AvgIpc) is 2.71. The highest BCUT2D eigenvalue weighted by molar-refractivity contribution is 5.95. The van der Waals surface area contributed by atoms with E-state index in [0.717, 1.165) is 22.0 Å². The Labute approximate surface area is 165 Å². The van der Waals surface area contributed by atoms with Gasteiger partial charge in [-0.3, -0.25) is 18.7 Å². The number of hydrogen-bond donors (Lipinski definition) is 2. The Bertz CT molecular complexity index is 1060. The van der Waals surface area contributed by atoms with Crippen LogP contribution in [0.5, 0.6) is 5.75 Å². The number of nitrogens with zero attached hydrogens (tertiary/aromatic N) is 3. The number of aromatic hydroxyl groups is 1. The maximum absolute atomic E-state index is 13.1. The molecule has 2 aliphatic rings. The normalized spacial score (nSPS) is 21.9. The Kier molecular flexibility index (Phi) is 4.99. The second-order valence-corrected chi connectivity index (χ2v) is 7.58. The van der Waals surface area contributed by atoms with Crippen LogP contribution in [-0.2, 0) is 13.1 Å². The third kappa shape index (κ3) is 3.35. The second-order valence-electron chi connectivity index (χ2n) is 7.58. The number of aromatic nitrogens is 2. The first kappa shape index (κ1) is 19.4. The summed E-state index contributed by atoms with van der Waals surface area (Å²) < 4.78 is 15.1. The Morgan fingerprint density at radius 3 is 2.41 bits per heavy atom. The average molecular weight is 403 g/mol. The van der Waals surface area contributed by atoms with Gasteiger partial charge in [0.05, 0.1) is 12.1 Å². The minimum absolute atomic E-state index is 0.109. The van der Waals surface area contributed by atoms with E-state index >= 15 is 0 Å². The topological polar surface area (TPSA) is 105 Å². The molecule has 1 aromatic heterocycles. The van der Waals surface area contributed by atoms with Crippen molar-refractivity contribution < 1.29 is 19.4 Å². The summed E-state index contributed by atoms with van der Waals surface area (Å²) in [6.07, 6.45) is 1.66. The van der Waals surface area contributed by atoms with Gasteiger partial charge in [-0.25, -0.2) is 9.18 Å². The van der Waals surface area contributed by atoms with E-state index in [1.165, 1.54) is 17.0 Å². The fourth-order valence-corrected chi connectivity index (χ4v) is 4.20. The number of carbonyl (C=O) groups is 1. The largest absolute Gasteiger partial charge is 0.501 e. The van der Waals surface area contributed by atoms with Gasteiger partial charge in [0, 0.05) is 19.6 Å². The summed E-state index contributed by atoms with van der Waals surface area (Å²) >= 11 is 0. The highest BCUT2D eigenvalue weighted by atomic mass is 19.1. The number of carbonyl (C=O) groups excluding carboxylic acids is 1. The maximum Gasteiger partial charge on any atom is 0.332 e. The minimum atomic E-state index is -0.954. The monoisotopic (exact) mass is 403 g/mol. The van der Waals surface area contributed by atoms with Gasteiger partial charge in [0.2, 0.25) is 5.75 Å². The highest BCUT2D eigenvalue weighted by Crippen LogP contribution is 2.28. The Morgan fingerprint density at radius 1 is 1.03 bits per heavy atom. The zero-order valence-electron chi connectivity index (χ0n) is 15.8. The Morgan fingerprint density at radius 2 is 1.72 bits per heavy atom. The molecule has 2 heterocycles. The van der Waals surface area contributed by atoms with Crippen LogP contribution < -0.4 is 11.2 Å². The fraction of sp³-hybridized carbons (Fsp3) is 0.450. The lowest BCUT2D eigenvalue weighted by Gasteiger charge is -2.33. The van der Waals surface area contributed by atoms with E-state index in [1.54, 1.807) is 12.1 Å². The molecule has 0 spiro atoms. The molecule has 1 saturated carbocycles. The van der Waals surface area contributed by atoms with Gasteiger partial charge in [-0.15, -0.1) is 0 Å². The van der Waals surface area contributed by atoms with Crippen LogP contribution in [0.15, 0.2) is 33.9 Å². The molecular weight excluding hydrogens is 381 g/mol. The van der Waals surface area contributed by atoms with Crippen molar-refractivity contribution in [2.45, 2.75) is 50.9 Å². The van der Waals surface area contributed by atoms with Crippen LogP contribution in [-0.4, -0.2) is 42.8 Å². The number of fused-ring (bicyclic) bond motifs is 1. The van der Waals surface area contributed by atoms with Gasteiger partial charge in [0.25, 0.3) is 11.5 Å². The molecular formula is C20H22FN3O5. The van der Waals surface area contributed by atoms with Gasteiger partial charge >= 0.3 is 5.69 Å². The van der Waals surface area contributed by atoms with Crippen molar-refractivity contribution in [3.05, 3.63) is 62.2 Å². The van der Waals surface area contributed by atoms with Crippen molar-refractivity contribution in [2.75, 3.05) is 6.54 Å². The summed E-state index contributed by atoms with van der Waals surface area (Å²) in [6, 6.07) is 4.96. The zero-order valence-corrected chi connectivity index (χ0v) is 15.8. The van der Waals surface area contributed by atoms with Gasteiger partial charge in [0.15, 0.2) is 5.69 Å². The van der Waals surface area contributed by atoms with E-state index < -0.39 is 40.9 Å². The van der Waals surface area contributed by atoms with Crippen LogP contribution in [0, 0.1) is 5.82 Å². The Hall–Kier alpha value is -2.94. The number of benzene rings is 1. The first-order chi connectivity index (χ1) is 13.9. The van der Waals surface area contributed by atoms with E-state index in [4.69, 9.17) is 0 Å². The van der Waals surface area contributed by atoms with E-state index in [-0.39, 0.29) is 25.3 Å². The van der Waals surface area contributed by atoms with Gasteiger partial charge in [-0.05, 0) is 30.5 Å². The molecule has 0 radical (unpaired) electrons. The van der Waals surface area contributed by atoms with E-state index in [9.17, 15) is 29.0 Å². The minimum Gasteiger partial charge on any atom is -0.501 e. The summed E-state index contributed by atoms with van der Waals surface area (Å²) in [5, 5.41) is 20.7. The molecule has 1 fully saturated rings. The van der Waals surface area contributed by atoms with Crippen molar-refractivity contribution in [2.24, 2.45) is 0 Å². The second kappa shape index (κ2) is 7.47. The standard InChI is InChI=1S/C20H22FN3O5/c21-13-7-5-12(6-8-13)11-22-9-10-23-16(18(22)27)17(26)19(28)24(20(23)29)14-3-1-2-4-15(14)25/h5-8,14-15,25-26H,1-4,9-11H2/t14-,15-/m0/s1. The maximum atomic E-state index is 13.1. The molecule has 9 heteroatoms. The molecule has 2 aromatic rings. The smallest absolute Gasteiger partial charge is 0.332 e. The molecule has 1 aliphatic heterocycles. The van der Waals surface area contributed by atoms with Gasteiger partial charge in [0.1, 0.15) is 5.82 Å². The number of halogens is 1. The van der Waals surface area contributed by atoms with Crippen molar-refractivity contribution in [3.8, 4) is 5.75 Å². The van der Waals surface area contributed by atoms with E-state index in [0.29, 0.717) is 18.4 Å². The number of aliphatic hydroxyl groups is 1. The van der Waals surface area contributed by atoms with Gasteiger partial charge < -0.3 is 15.1 Å². The summed E-state index contributed by atoms with van der Waals surface area (Å²) in [5.74, 6) is -1.81.